The number of anilines is 1. The normalized spacial score (nSPS) is 22.6. The molecule has 1 fully saturated rings. The van der Waals surface area contributed by atoms with Crippen molar-refractivity contribution in [1.82, 2.24) is 4.90 Å². The third kappa shape index (κ3) is 1.61. The molecule has 1 aromatic rings. The van der Waals surface area contributed by atoms with Crippen LogP contribution in [0.1, 0.15) is 37.8 Å². The first-order valence-electron chi connectivity index (χ1n) is 6.44. The van der Waals surface area contributed by atoms with Gasteiger partial charge in [0.2, 0.25) is 5.91 Å². The second kappa shape index (κ2) is 4.06. The zero-order valence-corrected chi connectivity index (χ0v) is 10.2. The van der Waals surface area contributed by atoms with E-state index >= 15 is 0 Å². The van der Waals surface area contributed by atoms with Crippen LogP contribution in [0.4, 0.5) is 5.69 Å². The number of nitrogens with zero attached hydrogens (tertiary/aromatic N) is 2. The number of benzene rings is 1. The number of hydrogen-bond acceptors (Lipinski definition) is 2. The molecule has 3 rings (SSSR count). The summed E-state index contributed by atoms with van der Waals surface area (Å²) in [6.45, 7) is 3.97. The summed E-state index contributed by atoms with van der Waals surface area (Å²) in [5.41, 5.74) is 2.66. The van der Waals surface area contributed by atoms with E-state index in [0.29, 0.717) is 18.4 Å². The number of amides is 1. The first-order valence-corrected chi connectivity index (χ1v) is 6.44. The molecule has 90 valence electrons. The zero-order valence-electron chi connectivity index (χ0n) is 10.2. The first-order chi connectivity index (χ1) is 8.31. The van der Waals surface area contributed by atoms with E-state index in [9.17, 15) is 4.79 Å². The molecule has 1 aromatic carbocycles. The third-order valence-electron chi connectivity index (χ3n) is 3.78. The minimum Gasteiger partial charge on any atom is -0.353 e. The minimum absolute atomic E-state index is 0.311. The van der Waals surface area contributed by atoms with Gasteiger partial charge in [0.1, 0.15) is 0 Å². The smallest absolute Gasteiger partial charge is 0.224 e. The lowest BCUT2D eigenvalue weighted by atomic mass is 9.99. The Hall–Kier alpha value is -1.51. The molecular weight excluding hydrogens is 212 g/mol. The van der Waals surface area contributed by atoms with Crippen molar-refractivity contribution in [2.45, 2.75) is 32.2 Å². The van der Waals surface area contributed by atoms with Gasteiger partial charge in [-0.1, -0.05) is 25.1 Å². The maximum atomic E-state index is 11.9. The molecule has 0 bridgehead atoms. The van der Waals surface area contributed by atoms with Crippen LogP contribution in [0.2, 0.25) is 0 Å². The van der Waals surface area contributed by atoms with Gasteiger partial charge in [0.15, 0.2) is 0 Å². The highest BCUT2D eigenvalue weighted by Gasteiger charge is 2.38. The Balaban J connectivity index is 2.02. The Morgan fingerprint density at radius 1 is 1.35 bits per heavy atom. The average Bonchev–Trinajstić information content (AvgIpc) is 2.72. The molecule has 0 aromatic heterocycles. The molecular formula is C14H18N2O. The molecule has 1 unspecified atom stereocenters. The van der Waals surface area contributed by atoms with Gasteiger partial charge in [-0.3, -0.25) is 4.79 Å². The van der Waals surface area contributed by atoms with E-state index in [4.69, 9.17) is 0 Å². The van der Waals surface area contributed by atoms with Crippen molar-refractivity contribution < 1.29 is 4.79 Å². The summed E-state index contributed by atoms with van der Waals surface area (Å²) >= 11 is 0. The summed E-state index contributed by atoms with van der Waals surface area (Å²) in [7, 11) is 0. The van der Waals surface area contributed by atoms with Crippen molar-refractivity contribution in [2.75, 3.05) is 18.1 Å². The van der Waals surface area contributed by atoms with Crippen molar-refractivity contribution in [3.8, 4) is 0 Å². The minimum atomic E-state index is 0.311. The topological polar surface area (TPSA) is 23.6 Å². The Bertz CT molecular complexity index is 444. The third-order valence-corrected chi connectivity index (χ3v) is 3.78. The van der Waals surface area contributed by atoms with Gasteiger partial charge in [0.25, 0.3) is 0 Å². The number of carbonyl (C=O) groups is 1. The van der Waals surface area contributed by atoms with E-state index in [1.54, 1.807) is 0 Å². The number of rotatable bonds is 2. The predicted octanol–water partition coefficient (Wildman–Crippen LogP) is 2.54. The summed E-state index contributed by atoms with van der Waals surface area (Å²) in [6, 6.07) is 8.86. The van der Waals surface area contributed by atoms with Crippen LogP contribution >= 0.6 is 0 Å². The number of fused-ring (bicyclic) bond motifs is 3. The Morgan fingerprint density at radius 2 is 2.18 bits per heavy atom. The van der Waals surface area contributed by atoms with Crippen LogP contribution in [0, 0.1) is 0 Å². The Morgan fingerprint density at radius 3 is 3.00 bits per heavy atom. The molecule has 17 heavy (non-hydrogen) atoms. The van der Waals surface area contributed by atoms with Crippen LogP contribution in [0.25, 0.3) is 0 Å². The summed E-state index contributed by atoms with van der Waals surface area (Å²) in [4.78, 5) is 16.2. The molecule has 3 heteroatoms. The fourth-order valence-electron chi connectivity index (χ4n) is 3.01. The van der Waals surface area contributed by atoms with E-state index in [0.717, 1.165) is 26.1 Å². The van der Waals surface area contributed by atoms with Crippen molar-refractivity contribution in [1.29, 1.82) is 0 Å². The highest BCUT2D eigenvalue weighted by molar-refractivity contribution is 5.81. The summed E-state index contributed by atoms with van der Waals surface area (Å²) in [6.07, 6.45) is 2.80. The van der Waals surface area contributed by atoms with Gasteiger partial charge >= 0.3 is 0 Å². The average molecular weight is 230 g/mol. The number of carbonyl (C=O) groups excluding carboxylic acids is 1. The van der Waals surface area contributed by atoms with Gasteiger partial charge in [0.05, 0.1) is 12.7 Å². The molecule has 1 amide bonds. The lowest BCUT2D eigenvalue weighted by molar-refractivity contribution is -0.129. The van der Waals surface area contributed by atoms with Gasteiger partial charge in [-0.15, -0.1) is 0 Å². The van der Waals surface area contributed by atoms with Gasteiger partial charge in [-0.25, -0.2) is 0 Å². The molecule has 2 aliphatic rings. The number of para-hydroxylation sites is 1. The summed E-state index contributed by atoms with van der Waals surface area (Å²) < 4.78 is 0. The first kappa shape index (κ1) is 10.6. The fraction of sp³-hybridized carbons (Fsp3) is 0.500. The largest absolute Gasteiger partial charge is 0.353 e. The fourth-order valence-corrected chi connectivity index (χ4v) is 3.01. The van der Waals surface area contributed by atoms with E-state index in [-0.39, 0.29) is 0 Å². The Labute approximate surface area is 102 Å². The standard InChI is InChI=1S/C14H18N2O/c1-2-9-15-10-16-13(7-8-14(16)17)11-5-3-4-6-12(11)15/h3-6,13H,2,7-10H2,1H3. The lowest BCUT2D eigenvalue weighted by Gasteiger charge is -2.40. The molecule has 0 aliphatic carbocycles. The SMILES string of the molecule is CCCN1CN2C(=O)CCC2c2ccccc21. The van der Waals surface area contributed by atoms with Crippen molar-refractivity contribution in [2.24, 2.45) is 0 Å². The molecule has 2 aliphatic heterocycles. The van der Waals surface area contributed by atoms with Crippen LogP contribution in [-0.2, 0) is 4.79 Å². The number of hydrogen-bond donors (Lipinski definition) is 0. The molecule has 1 saturated heterocycles. The molecule has 2 heterocycles. The maximum absolute atomic E-state index is 11.9. The van der Waals surface area contributed by atoms with Crippen molar-refractivity contribution in [3.05, 3.63) is 29.8 Å². The second-order valence-electron chi connectivity index (χ2n) is 4.88. The Kier molecular flexibility index (Phi) is 2.54. The predicted molar refractivity (Wildman–Crippen MR) is 67.8 cm³/mol. The highest BCUT2D eigenvalue weighted by atomic mass is 16.2. The van der Waals surface area contributed by atoms with E-state index in [1.807, 2.05) is 4.90 Å². The molecule has 0 saturated carbocycles. The molecule has 0 radical (unpaired) electrons. The molecule has 0 spiro atoms. The van der Waals surface area contributed by atoms with Gasteiger partial charge in [-0.2, -0.15) is 0 Å². The second-order valence-corrected chi connectivity index (χ2v) is 4.88. The van der Waals surface area contributed by atoms with Crippen LogP contribution in [0.15, 0.2) is 24.3 Å². The monoisotopic (exact) mass is 230 g/mol. The van der Waals surface area contributed by atoms with E-state index in [1.165, 1.54) is 11.3 Å². The lowest BCUT2D eigenvalue weighted by Crippen LogP contribution is -2.44. The maximum Gasteiger partial charge on any atom is 0.224 e. The summed E-state index contributed by atoms with van der Waals surface area (Å²) in [5, 5.41) is 0. The van der Waals surface area contributed by atoms with Crippen molar-refractivity contribution >= 4 is 11.6 Å². The zero-order chi connectivity index (χ0) is 11.8. The van der Waals surface area contributed by atoms with Crippen LogP contribution < -0.4 is 4.90 Å². The summed E-state index contributed by atoms with van der Waals surface area (Å²) in [5.74, 6) is 0.311. The van der Waals surface area contributed by atoms with Gasteiger partial charge in [0, 0.05) is 18.7 Å². The van der Waals surface area contributed by atoms with E-state index < -0.39 is 0 Å². The van der Waals surface area contributed by atoms with E-state index in [2.05, 4.69) is 36.1 Å². The highest BCUT2D eigenvalue weighted by Crippen LogP contribution is 2.41. The molecule has 1 atom stereocenters. The van der Waals surface area contributed by atoms with Gasteiger partial charge < -0.3 is 9.80 Å². The van der Waals surface area contributed by atoms with Crippen LogP contribution in [0.3, 0.4) is 0 Å². The van der Waals surface area contributed by atoms with Crippen LogP contribution in [0.5, 0.6) is 0 Å². The van der Waals surface area contributed by atoms with Crippen LogP contribution in [-0.4, -0.2) is 24.0 Å². The molecule has 0 N–H and O–H groups in total. The quantitative estimate of drug-likeness (QED) is 0.779. The van der Waals surface area contributed by atoms with Gasteiger partial charge in [-0.05, 0) is 24.5 Å². The molecule has 3 nitrogen and oxygen atoms in total. The van der Waals surface area contributed by atoms with Crippen molar-refractivity contribution in [3.63, 3.8) is 0 Å².